The molecule has 0 aliphatic carbocycles. The van der Waals surface area contributed by atoms with Crippen LogP contribution in [0.4, 0.5) is 0 Å². The van der Waals surface area contributed by atoms with Crippen molar-refractivity contribution in [2.24, 2.45) is 0 Å². The van der Waals surface area contributed by atoms with E-state index in [1.165, 1.54) is 0 Å². The van der Waals surface area contributed by atoms with Crippen molar-refractivity contribution in [2.45, 2.75) is 0 Å². The maximum atomic E-state index is 5.24. The van der Waals surface area contributed by atoms with Crippen molar-refractivity contribution in [1.29, 1.82) is 0 Å². The summed E-state index contributed by atoms with van der Waals surface area (Å²) in [6.07, 6.45) is 0. The van der Waals surface area contributed by atoms with Gasteiger partial charge in [0.25, 0.3) is 0 Å². The molecule has 0 amide bonds. The number of hydrogen-bond donors (Lipinski definition) is 0. The highest BCUT2D eigenvalue weighted by molar-refractivity contribution is 6.14. The van der Waals surface area contributed by atoms with Gasteiger partial charge in [0.2, 0.25) is 0 Å². The number of nitrogens with zero attached hydrogens (tertiary/aromatic N) is 4. The van der Waals surface area contributed by atoms with E-state index in [2.05, 4.69) is 194 Å². The molecule has 4 heteroatoms. The molecule has 0 bridgehead atoms. The molecule has 0 saturated carbocycles. The molecule has 11 rings (SSSR count). The molecule has 0 N–H and O–H groups in total. The summed E-state index contributed by atoms with van der Waals surface area (Å²) in [4.78, 5) is 20.7. The van der Waals surface area contributed by atoms with Crippen LogP contribution in [0.15, 0.2) is 231 Å². The molecule has 0 atom stereocenters. The standard InChI is InChI=1S/C58H38N4/c1-6-17-39(18-7-1)48-34-49(40-19-8-2-9-20-40)36-50(35-48)58-61-56(44-25-14-5-15-26-44)60-57(62-58)47-28-16-27-45(33-47)46-30-29-42-31-32-53-55(51(42)37-46)52(41-21-10-3-11-22-41)38-54(59-53)43-23-12-4-13-24-43/h1-38H. The van der Waals surface area contributed by atoms with Gasteiger partial charge in [-0.2, -0.15) is 0 Å². The highest BCUT2D eigenvalue weighted by atomic mass is 15.0. The van der Waals surface area contributed by atoms with Crippen LogP contribution in [-0.2, 0) is 0 Å². The topological polar surface area (TPSA) is 51.6 Å². The summed E-state index contributed by atoms with van der Waals surface area (Å²) in [5.41, 5.74) is 14.7. The molecular formula is C58H38N4. The maximum absolute atomic E-state index is 5.24. The summed E-state index contributed by atoms with van der Waals surface area (Å²) in [5, 5.41) is 3.44. The SMILES string of the molecule is c1ccc(-c2cc(-c3ccccc3)cc(-c3nc(-c4ccccc4)nc(-c4cccc(-c5ccc6ccc7nc(-c8ccccc8)cc(-c8ccccc8)c7c6c5)c4)n3)c2)cc1. The minimum atomic E-state index is 0.609. The third-order valence-corrected chi connectivity index (χ3v) is 11.5. The number of benzene rings is 9. The lowest BCUT2D eigenvalue weighted by molar-refractivity contribution is 1.07. The fourth-order valence-corrected chi connectivity index (χ4v) is 8.38. The predicted molar refractivity (Wildman–Crippen MR) is 256 cm³/mol. The molecule has 0 saturated heterocycles. The fraction of sp³-hybridized carbons (Fsp3) is 0. The van der Waals surface area contributed by atoms with Crippen molar-refractivity contribution in [1.82, 2.24) is 19.9 Å². The van der Waals surface area contributed by atoms with Crippen LogP contribution in [0, 0.1) is 0 Å². The van der Waals surface area contributed by atoms with E-state index in [0.717, 1.165) is 94.1 Å². The maximum Gasteiger partial charge on any atom is 0.164 e. The molecule has 62 heavy (non-hydrogen) atoms. The summed E-state index contributed by atoms with van der Waals surface area (Å²) in [7, 11) is 0. The van der Waals surface area contributed by atoms with E-state index >= 15 is 0 Å². The molecule has 0 aliphatic rings. The van der Waals surface area contributed by atoms with Crippen molar-refractivity contribution in [3.05, 3.63) is 231 Å². The van der Waals surface area contributed by atoms with Crippen LogP contribution in [0.1, 0.15) is 0 Å². The van der Waals surface area contributed by atoms with Crippen LogP contribution in [0.5, 0.6) is 0 Å². The van der Waals surface area contributed by atoms with Gasteiger partial charge in [-0.25, -0.2) is 19.9 Å². The third-order valence-electron chi connectivity index (χ3n) is 11.5. The first-order chi connectivity index (χ1) is 30.7. The van der Waals surface area contributed by atoms with Gasteiger partial charge in [-0.05, 0) is 97.7 Å². The van der Waals surface area contributed by atoms with E-state index in [1.54, 1.807) is 0 Å². The molecule has 4 nitrogen and oxygen atoms in total. The normalized spacial score (nSPS) is 11.2. The van der Waals surface area contributed by atoms with E-state index in [4.69, 9.17) is 19.9 Å². The van der Waals surface area contributed by atoms with Gasteiger partial charge < -0.3 is 0 Å². The molecule has 11 aromatic rings. The number of pyridine rings is 1. The molecule has 0 radical (unpaired) electrons. The zero-order chi connectivity index (χ0) is 41.2. The van der Waals surface area contributed by atoms with E-state index in [0.29, 0.717) is 17.5 Å². The van der Waals surface area contributed by atoms with Crippen molar-refractivity contribution >= 4 is 21.7 Å². The van der Waals surface area contributed by atoms with Crippen LogP contribution in [0.2, 0.25) is 0 Å². The Bertz CT molecular complexity index is 3310. The summed E-state index contributed by atoms with van der Waals surface area (Å²) >= 11 is 0. The van der Waals surface area contributed by atoms with Crippen LogP contribution in [0.25, 0.3) is 112 Å². The zero-order valence-corrected chi connectivity index (χ0v) is 33.7. The minimum absolute atomic E-state index is 0.609. The van der Waals surface area contributed by atoms with Crippen LogP contribution < -0.4 is 0 Å². The Labute approximate surface area is 360 Å². The Morgan fingerprint density at radius 3 is 1.29 bits per heavy atom. The van der Waals surface area contributed by atoms with Gasteiger partial charge in [0, 0.05) is 27.6 Å². The predicted octanol–water partition coefficient (Wildman–Crippen LogP) is 14.9. The van der Waals surface area contributed by atoms with Gasteiger partial charge in [0.15, 0.2) is 17.5 Å². The lowest BCUT2D eigenvalue weighted by Gasteiger charge is -2.14. The van der Waals surface area contributed by atoms with Gasteiger partial charge >= 0.3 is 0 Å². The monoisotopic (exact) mass is 790 g/mol. The Hall–Kier alpha value is -8.34. The average molecular weight is 791 g/mol. The van der Waals surface area contributed by atoms with E-state index in [-0.39, 0.29) is 0 Å². The first-order valence-corrected chi connectivity index (χ1v) is 20.9. The highest BCUT2D eigenvalue weighted by Crippen LogP contribution is 2.39. The molecule has 0 fully saturated rings. The largest absolute Gasteiger partial charge is 0.248 e. The van der Waals surface area contributed by atoms with Crippen molar-refractivity contribution in [3.63, 3.8) is 0 Å². The smallest absolute Gasteiger partial charge is 0.164 e. The summed E-state index contributed by atoms with van der Waals surface area (Å²) in [6, 6.07) is 80.6. The number of fused-ring (bicyclic) bond motifs is 3. The minimum Gasteiger partial charge on any atom is -0.248 e. The number of hydrogen-bond acceptors (Lipinski definition) is 4. The quantitative estimate of drug-likeness (QED) is 0.144. The second kappa shape index (κ2) is 16.0. The number of rotatable bonds is 8. The Balaban J connectivity index is 1.06. The molecule has 0 spiro atoms. The summed E-state index contributed by atoms with van der Waals surface area (Å²) < 4.78 is 0. The second-order valence-corrected chi connectivity index (χ2v) is 15.5. The first kappa shape index (κ1) is 36.7. The van der Waals surface area contributed by atoms with Crippen LogP contribution in [-0.4, -0.2) is 19.9 Å². The lowest BCUT2D eigenvalue weighted by atomic mass is 9.92. The van der Waals surface area contributed by atoms with Crippen molar-refractivity contribution in [3.8, 4) is 89.9 Å². The Kier molecular flexibility index (Phi) is 9.49. The first-order valence-electron chi connectivity index (χ1n) is 20.9. The molecule has 2 aromatic heterocycles. The van der Waals surface area contributed by atoms with Gasteiger partial charge in [0.05, 0.1) is 11.2 Å². The molecule has 290 valence electrons. The molecule has 2 heterocycles. The molecule has 9 aromatic carbocycles. The Morgan fingerprint density at radius 1 is 0.242 bits per heavy atom. The summed E-state index contributed by atoms with van der Waals surface area (Å²) in [6.45, 7) is 0. The van der Waals surface area contributed by atoms with Crippen molar-refractivity contribution < 1.29 is 0 Å². The molecular weight excluding hydrogens is 753 g/mol. The average Bonchev–Trinajstić information content (AvgIpc) is 3.37. The second-order valence-electron chi connectivity index (χ2n) is 15.5. The van der Waals surface area contributed by atoms with Crippen molar-refractivity contribution in [2.75, 3.05) is 0 Å². The van der Waals surface area contributed by atoms with Gasteiger partial charge in [-0.3, -0.25) is 0 Å². The van der Waals surface area contributed by atoms with Crippen LogP contribution >= 0.6 is 0 Å². The fourth-order valence-electron chi connectivity index (χ4n) is 8.38. The zero-order valence-electron chi connectivity index (χ0n) is 33.7. The van der Waals surface area contributed by atoms with E-state index in [9.17, 15) is 0 Å². The van der Waals surface area contributed by atoms with E-state index in [1.807, 2.05) is 36.4 Å². The van der Waals surface area contributed by atoms with Gasteiger partial charge in [-0.1, -0.05) is 188 Å². The summed E-state index contributed by atoms with van der Waals surface area (Å²) in [5.74, 6) is 1.84. The van der Waals surface area contributed by atoms with Crippen LogP contribution in [0.3, 0.4) is 0 Å². The Morgan fingerprint density at radius 2 is 0.677 bits per heavy atom. The lowest BCUT2D eigenvalue weighted by Crippen LogP contribution is -2.00. The number of aromatic nitrogens is 4. The van der Waals surface area contributed by atoms with Gasteiger partial charge in [-0.15, -0.1) is 0 Å². The molecule has 0 unspecified atom stereocenters. The highest BCUT2D eigenvalue weighted by Gasteiger charge is 2.17. The third kappa shape index (κ3) is 7.20. The molecule has 0 aliphatic heterocycles. The van der Waals surface area contributed by atoms with E-state index < -0.39 is 0 Å². The van der Waals surface area contributed by atoms with Gasteiger partial charge in [0.1, 0.15) is 0 Å².